The Hall–Kier alpha value is -1.97. The van der Waals surface area contributed by atoms with Gasteiger partial charge in [-0.2, -0.15) is 0 Å². The average Bonchev–Trinajstić information content (AvgIpc) is 3.44. The van der Waals surface area contributed by atoms with E-state index in [1.165, 1.54) is 51.2 Å². The Balaban J connectivity index is 1.47. The molecule has 0 atom stereocenters. The van der Waals surface area contributed by atoms with Crippen LogP contribution in [0.3, 0.4) is 0 Å². The van der Waals surface area contributed by atoms with Crippen LogP contribution in [-0.4, -0.2) is 0 Å². The van der Waals surface area contributed by atoms with E-state index >= 15 is 0 Å². The first kappa shape index (κ1) is 30.1. The Kier molecular flexibility index (Phi) is 10.9. The van der Waals surface area contributed by atoms with Gasteiger partial charge in [-0.05, 0) is 22.3 Å². The van der Waals surface area contributed by atoms with Crippen molar-refractivity contribution in [3.8, 4) is 0 Å². The van der Waals surface area contributed by atoms with Gasteiger partial charge < -0.3 is 0 Å². The smallest absolute Gasteiger partial charge is 0.119 e. The van der Waals surface area contributed by atoms with Gasteiger partial charge in [0.25, 0.3) is 0 Å². The summed E-state index contributed by atoms with van der Waals surface area (Å²) in [5, 5.41) is 0. The molecule has 0 unspecified atom stereocenters. The van der Waals surface area contributed by atoms with Crippen LogP contribution in [0, 0.1) is 3.14 Å². The standard InChI is InChI=1S/C35H28S7/c36-35-41-33-31(39-23-27-17-9-3-10-18-27)29(37-21-25-13-5-1-6-14-25)30(38-22-26-15-7-2-8-16-26)32(34(33)42-35)40-24-28-19-11-4-12-20-28/h1-20H,21-24H2. The molecule has 1 heterocycles. The second-order valence-corrected chi connectivity index (χ2v) is 16.7. The SMILES string of the molecule is S=c1sc2c(SCc3ccccc3)c(SCc3ccccc3)c(SCc3ccccc3)c(SCc3ccccc3)c2s1. The highest BCUT2D eigenvalue weighted by Gasteiger charge is 2.24. The Bertz CT molecular complexity index is 1650. The third-order valence-corrected chi connectivity index (χ3v) is 14.5. The van der Waals surface area contributed by atoms with Crippen LogP contribution in [0.4, 0.5) is 0 Å². The number of fused-ring (bicyclic) bond motifs is 1. The third kappa shape index (κ3) is 7.75. The highest BCUT2D eigenvalue weighted by Crippen LogP contribution is 2.54. The fraction of sp³-hybridized carbons (Fsp3) is 0.114. The summed E-state index contributed by atoms with van der Waals surface area (Å²) in [6.45, 7) is 0. The van der Waals surface area contributed by atoms with E-state index in [9.17, 15) is 0 Å². The first-order valence-electron chi connectivity index (χ1n) is 13.5. The molecule has 0 amide bonds. The molecule has 1 aromatic heterocycles. The van der Waals surface area contributed by atoms with Gasteiger partial charge in [0.15, 0.2) is 0 Å². The van der Waals surface area contributed by atoms with Gasteiger partial charge >= 0.3 is 0 Å². The zero-order valence-corrected chi connectivity index (χ0v) is 28.4. The summed E-state index contributed by atoms with van der Waals surface area (Å²) in [4.78, 5) is 5.55. The van der Waals surface area contributed by atoms with Crippen LogP contribution in [-0.2, 0) is 23.0 Å². The average molecular weight is 673 g/mol. The summed E-state index contributed by atoms with van der Waals surface area (Å²) >= 11 is 17.3. The molecule has 0 N–H and O–H groups in total. The highest BCUT2D eigenvalue weighted by molar-refractivity contribution is 8.04. The normalized spacial score (nSPS) is 11.2. The van der Waals surface area contributed by atoms with E-state index in [0.717, 1.165) is 26.1 Å². The second-order valence-electron chi connectivity index (χ2n) is 9.53. The van der Waals surface area contributed by atoms with Crippen LogP contribution < -0.4 is 0 Å². The number of hydrogen-bond acceptors (Lipinski definition) is 7. The van der Waals surface area contributed by atoms with Gasteiger partial charge in [-0.1, -0.05) is 134 Å². The van der Waals surface area contributed by atoms with Crippen molar-refractivity contribution in [2.24, 2.45) is 0 Å². The summed E-state index contributed by atoms with van der Waals surface area (Å²) in [6.07, 6.45) is 0. The zero-order valence-electron chi connectivity index (χ0n) is 22.7. The second kappa shape index (κ2) is 15.2. The van der Waals surface area contributed by atoms with Crippen molar-refractivity contribution in [2.75, 3.05) is 0 Å². The van der Waals surface area contributed by atoms with E-state index in [-0.39, 0.29) is 0 Å². The largest absolute Gasteiger partial charge is 0.144 e. The van der Waals surface area contributed by atoms with Crippen molar-refractivity contribution in [1.29, 1.82) is 0 Å². The zero-order chi connectivity index (χ0) is 28.6. The Morgan fingerprint density at radius 2 is 0.643 bits per heavy atom. The van der Waals surface area contributed by atoms with Gasteiger partial charge in [0, 0.05) is 42.6 Å². The molecular weight excluding hydrogens is 645 g/mol. The minimum Gasteiger partial charge on any atom is -0.119 e. The predicted octanol–water partition coefficient (Wildman–Crippen LogP) is 12.9. The third-order valence-electron chi connectivity index (χ3n) is 6.51. The van der Waals surface area contributed by atoms with Crippen LogP contribution in [0.1, 0.15) is 22.3 Å². The van der Waals surface area contributed by atoms with Crippen molar-refractivity contribution >= 4 is 91.3 Å². The fourth-order valence-electron chi connectivity index (χ4n) is 4.43. The van der Waals surface area contributed by atoms with E-state index < -0.39 is 0 Å². The van der Waals surface area contributed by atoms with E-state index in [1.54, 1.807) is 22.7 Å². The van der Waals surface area contributed by atoms with E-state index in [0.29, 0.717) is 0 Å². The summed E-state index contributed by atoms with van der Waals surface area (Å²) in [6, 6.07) is 43.3. The molecule has 6 aromatic rings. The van der Waals surface area contributed by atoms with Crippen LogP contribution in [0.25, 0.3) is 9.40 Å². The summed E-state index contributed by atoms with van der Waals surface area (Å²) in [7, 11) is 0. The monoisotopic (exact) mass is 672 g/mol. The number of thioether (sulfide) groups is 4. The van der Waals surface area contributed by atoms with E-state index in [1.807, 2.05) is 47.0 Å². The van der Waals surface area contributed by atoms with Crippen LogP contribution in [0.5, 0.6) is 0 Å². The number of rotatable bonds is 12. The first-order valence-corrected chi connectivity index (χ1v) is 19.5. The molecule has 0 nitrogen and oxygen atoms in total. The number of hydrogen-bond donors (Lipinski definition) is 0. The molecule has 0 aliphatic carbocycles. The van der Waals surface area contributed by atoms with Crippen molar-refractivity contribution in [2.45, 2.75) is 42.6 Å². The quantitative estimate of drug-likeness (QED) is 0.0934. The maximum atomic E-state index is 5.86. The van der Waals surface area contributed by atoms with Gasteiger partial charge in [0.05, 0.1) is 9.40 Å². The van der Waals surface area contributed by atoms with Crippen LogP contribution in [0.2, 0.25) is 0 Å². The topological polar surface area (TPSA) is 0 Å². The van der Waals surface area contributed by atoms with Crippen molar-refractivity contribution < 1.29 is 0 Å². The lowest BCUT2D eigenvalue weighted by Gasteiger charge is -2.20. The predicted molar refractivity (Wildman–Crippen MR) is 195 cm³/mol. The maximum absolute atomic E-state index is 5.86. The van der Waals surface area contributed by atoms with Crippen molar-refractivity contribution in [1.82, 2.24) is 0 Å². The van der Waals surface area contributed by atoms with Gasteiger partial charge in [-0.15, -0.1) is 69.7 Å². The molecule has 0 fully saturated rings. The van der Waals surface area contributed by atoms with Gasteiger partial charge in [0.2, 0.25) is 0 Å². The Morgan fingerprint density at radius 1 is 0.381 bits per heavy atom. The Labute approximate surface area is 278 Å². The van der Waals surface area contributed by atoms with Gasteiger partial charge in [-0.3, -0.25) is 0 Å². The van der Waals surface area contributed by atoms with Gasteiger partial charge in [0.1, 0.15) is 3.14 Å². The van der Waals surface area contributed by atoms with E-state index in [4.69, 9.17) is 12.2 Å². The van der Waals surface area contributed by atoms with E-state index in [2.05, 4.69) is 121 Å². The lowest BCUT2D eigenvalue weighted by molar-refractivity contribution is 1.08. The minimum absolute atomic E-state index is 0.933. The van der Waals surface area contributed by atoms with Gasteiger partial charge in [-0.25, -0.2) is 0 Å². The molecule has 6 rings (SSSR count). The first-order chi connectivity index (χ1) is 20.7. The lowest BCUT2D eigenvalue weighted by Crippen LogP contribution is -1.93. The minimum atomic E-state index is 0.933. The molecular formula is C35H28S7. The van der Waals surface area contributed by atoms with Crippen molar-refractivity contribution in [3.05, 3.63) is 147 Å². The molecule has 0 bridgehead atoms. The Morgan fingerprint density at radius 3 is 0.929 bits per heavy atom. The molecule has 7 heteroatoms. The number of benzene rings is 5. The summed E-state index contributed by atoms with van der Waals surface area (Å²) < 4.78 is 3.69. The summed E-state index contributed by atoms with van der Waals surface area (Å²) in [5.41, 5.74) is 5.37. The van der Waals surface area contributed by atoms with Crippen LogP contribution in [0.15, 0.2) is 141 Å². The molecule has 0 radical (unpaired) electrons. The van der Waals surface area contributed by atoms with Crippen molar-refractivity contribution in [3.63, 3.8) is 0 Å². The molecule has 0 aliphatic heterocycles. The molecule has 0 aliphatic rings. The summed E-state index contributed by atoms with van der Waals surface area (Å²) in [5.74, 6) is 3.73. The fourth-order valence-corrected chi connectivity index (χ4v) is 12.9. The maximum Gasteiger partial charge on any atom is 0.144 e. The molecule has 0 saturated carbocycles. The molecule has 0 saturated heterocycles. The molecule has 210 valence electrons. The molecule has 5 aromatic carbocycles. The molecule has 42 heavy (non-hydrogen) atoms. The molecule has 0 spiro atoms. The highest BCUT2D eigenvalue weighted by atomic mass is 32.2. The van der Waals surface area contributed by atoms with Crippen LogP contribution >= 0.6 is 81.9 Å². The lowest BCUT2D eigenvalue weighted by atomic mass is 10.2.